The molecule has 144 valence electrons. The summed E-state index contributed by atoms with van der Waals surface area (Å²) in [6, 6.07) is 11.0. The van der Waals surface area contributed by atoms with E-state index < -0.39 is 17.1 Å². The number of hydrogen-bond acceptors (Lipinski definition) is 3. The average molecular weight is 402 g/mol. The van der Waals surface area contributed by atoms with Crippen molar-refractivity contribution < 1.29 is 9.18 Å². The number of nitrogens with zero attached hydrogens (tertiary/aromatic N) is 2. The number of fused-ring (bicyclic) bond motifs is 1. The van der Waals surface area contributed by atoms with E-state index in [-0.39, 0.29) is 35.6 Å². The zero-order chi connectivity index (χ0) is 19.8. The summed E-state index contributed by atoms with van der Waals surface area (Å²) in [5, 5.41) is 0.579. The fourth-order valence-electron chi connectivity index (χ4n) is 3.29. The third kappa shape index (κ3) is 3.45. The maximum absolute atomic E-state index is 14.2. The molecule has 0 atom stereocenters. The van der Waals surface area contributed by atoms with Crippen LogP contribution in [0.2, 0.25) is 5.02 Å². The van der Waals surface area contributed by atoms with Gasteiger partial charge in [0.2, 0.25) is 5.91 Å². The van der Waals surface area contributed by atoms with Crippen LogP contribution in [0.4, 0.5) is 4.39 Å². The molecule has 2 aromatic carbocycles. The molecule has 1 aliphatic rings. The van der Waals surface area contributed by atoms with Gasteiger partial charge in [0, 0.05) is 16.6 Å². The minimum absolute atomic E-state index is 0.00657. The third-order valence-electron chi connectivity index (χ3n) is 4.90. The Hall–Kier alpha value is -2.93. The molecule has 1 heterocycles. The van der Waals surface area contributed by atoms with Gasteiger partial charge in [0.1, 0.15) is 12.4 Å². The molecule has 8 heteroatoms. The second-order valence-corrected chi connectivity index (χ2v) is 7.22. The Morgan fingerprint density at radius 2 is 1.93 bits per heavy atom. The van der Waals surface area contributed by atoms with E-state index in [2.05, 4.69) is 4.98 Å². The highest BCUT2D eigenvalue weighted by Gasteiger charge is 2.33. The van der Waals surface area contributed by atoms with Crippen molar-refractivity contribution in [1.29, 1.82) is 0 Å². The molecule has 1 N–H and O–H groups in total. The zero-order valence-corrected chi connectivity index (χ0v) is 15.6. The Kier molecular flexibility index (Phi) is 4.77. The Morgan fingerprint density at radius 1 is 1.18 bits per heavy atom. The first kappa shape index (κ1) is 18.4. The molecule has 1 aliphatic carbocycles. The Labute approximate surface area is 164 Å². The average Bonchev–Trinajstić information content (AvgIpc) is 3.50. The van der Waals surface area contributed by atoms with Crippen molar-refractivity contribution in [3.8, 4) is 0 Å². The number of carbonyl (C=O) groups excluding carboxylic acids is 1. The van der Waals surface area contributed by atoms with Gasteiger partial charge in [0.25, 0.3) is 5.56 Å². The van der Waals surface area contributed by atoms with Gasteiger partial charge >= 0.3 is 5.69 Å². The summed E-state index contributed by atoms with van der Waals surface area (Å²) in [4.78, 5) is 41.1. The van der Waals surface area contributed by atoms with Crippen molar-refractivity contribution in [3.63, 3.8) is 0 Å². The zero-order valence-electron chi connectivity index (χ0n) is 14.8. The number of aromatic amines is 1. The highest BCUT2D eigenvalue weighted by Crippen LogP contribution is 2.31. The van der Waals surface area contributed by atoms with Gasteiger partial charge in [-0.3, -0.25) is 19.1 Å². The van der Waals surface area contributed by atoms with E-state index in [1.54, 1.807) is 35.2 Å². The van der Waals surface area contributed by atoms with Gasteiger partial charge in [0.05, 0.1) is 17.4 Å². The summed E-state index contributed by atoms with van der Waals surface area (Å²) < 4.78 is 15.4. The monoisotopic (exact) mass is 401 g/mol. The lowest BCUT2D eigenvalue weighted by atomic mass is 10.2. The molecule has 1 amide bonds. The van der Waals surface area contributed by atoms with Crippen LogP contribution in [0.5, 0.6) is 0 Å². The summed E-state index contributed by atoms with van der Waals surface area (Å²) in [5.74, 6) is -0.807. The second-order valence-electron chi connectivity index (χ2n) is 6.82. The number of para-hydroxylation sites is 1. The molecule has 0 radical (unpaired) electrons. The molecule has 0 aliphatic heterocycles. The Balaban J connectivity index is 1.68. The topological polar surface area (TPSA) is 75.2 Å². The fraction of sp³-hybridized carbons (Fsp3) is 0.250. The quantitative estimate of drug-likeness (QED) is 0.714. The first-order chi connectivity index (χ1) is 13.5. The molecule has 1 fully saturated rings. The molecule has 0 spiro atoms. The van der Waals surface area contributed by atoms with E-state index in [0.29, 0.717) is 10.9 Å². The highest BCUT2D eigenvalue weighted by molar-refractivity contribution is 6.31. The molecule has 0 bridgehead atoms. The van der Waals surface area contributed by atoms with Crippen LogP contribution < -0.4 is 11.2 Å². The minimum atomic E-state index is -0.656. The van der Waals surface area contributed by atoms with Crippen molar-refractivity contribution in [2.24, 2.45) is 0 Å². The maximum Gasteiger partial charge on any atom is 0.329 e. The summed E-state index contributed by atoms with van der Waals surface area (Å²) in [5.41, 5.74) is -0.523. The normalized spacial score (nSPS) is 13.6. The molecule has 0 unspecified atom stereocenters. The highest BCUT2D eigenvalue weighted by atomic mass is 35.5. The van der Waals surface area contributed by atoms with Crippen LogP contribution in [0.25, 0.3) is 10.9 Å². The largest absolute Gasteiger partial charge is 0.334 e. The fourth-order valence-corrected chi connectivity index (χ4v) is 3.51. The Bertz CT molecular complexity index is 1160. The molecule has 1 saturated carbocycles. The lowest BCUT2D eigenvalue weighted by Crippen LogP contribution is -2.39. The summed E-state index contributed by atoms with van der Waals surface area (Å²) in [6.07, 6.45) is 1.64. The van der Waals surface area contributed by atoms with Crippen molar-refractivity contribution in [1.82, 2.24) is 14.5 Å². The van der Waals surface area contributed by atoms with Crippen molar-refractivity contribution in [2.75, 3.05) is 0 Å². The lowest BCUT2D eigenvalue weighted by molar-refractivity contribution is -0.133. The van der Waals surface area contributed by atoms with Crippen LogP contribution in [0.15, 0.2) is 52.1 Å². The molecule has 6 nitrogen and oxygen atoms in total. The number of hydrogen-bond donors (Lipinski definition) is 1. The van der Waals surface area contributed by atoms with Crippen LogP contribution in [0.3, 0.4) is 0 Å². The number of H-pyrrole nitrogens is 1. The van der Waals surface area contributed by atoms with Gasteiger partial charge in [0.15, 0.2) is 0 Å². The maximum atomic E-state index is 14.2. The molecule has 28 heavy (non-hydrogen) atoms. The van der Waals surface area contributed by atoms with Crippen molar-refractivity contribution >= 4 is 28.4 Å². The van der Waals surface area contributed by atoms with Gasteiger partial charge in [-0.1, -0.05) is 29.8 Å². The lowest BCUT2D eigenvalue weighted by Gasteiger charge is -2.24. The predicted octanol–water partition coefficient (Wildman–Crippen LogP) is 2.67. The summed E-state index contributed by atoms with van der Waals surface area (Å²) >= 11 is 6.11. The number of rotatable bonds is 5. The van der Waals surface area contributed by atoms with E-state index >= 15 is 0 Å². The van der Waals surface area contributed by atoms with Gasteiger partial charge in [-0.25, -0.2) is 9.18 Å². The number of aromatic nitrogens is 2. The van der Waals surface area contributed by atoms with E-state index in [4.69, 9.17) is 11.6 Å². The Morgan fingerprint density at radius 3 is 2.64 bits per heavy atom. The van der Waals surface area contributed by atoms with Crippen LogP contribution in [0.1, 0.15) is 18.4 Å². The number of halogens is 2. The van der Waals surface area contributed by atoms with Gasteiger partial charge in [-0.15, -0.1) is 0 Å². The smallest absolute Gasteiger partial charge is 0.329 e. The molecule has 3 aromatic rings. The number of benzene rings is 2. The SMILES string of the molecule is O=C(Cn1c(=O)[nH]c(=O)c2ccccc21)N(Cc1c(F)cccc1Cl)C1CC1. The van der Waals surface area contributed by atoms with E-state index in [1.165, 1.54) is 16.7 Å². The summed E-state index contributed by atoms with van der Waals surface area (Å²) in [7, 11) is 0. The number of amides is 1. The van der Waals surface area contributed by atoms with Crippen LogP contribution >= 0.6 is 11.6 Å². The minimum Gasteiger partial charge on any atom is -0.334 e. The number of carbonyl (C=O) groups is 1. The predicted molar refractivity (Wildman–Crippen MR) is 104 cm³/mol. The van der Waals surface area contributed by atoms with Crippen LogP contribution in [0, 0.1) is 5.82 Å². The van der Waals surface area contributed by atoms with Crippen LogP contribution in [-0.4, -0.2) is 26.4 Å². The molecule has 4 rings (SSSR count). The molecule has 1 aromatic heterocycles. The van der Waals surface area contributed by atoms with E-state index in [9.17, 15) is 18.8 Å². The second kappa shape index (κ2) is 7.24. The molecular weight excluding hydrogens is 385 g/mol. The first-order valence-corrected chi connectivity index (χ1v) is 9.27. The van der Waals surface area contributed by atoms with Crippen LogP contribution in [-0.2, 0) is 17.9 Å². The van der Waals surface area contributed by atoms with Gasteiger partial charge < -0.3 is 4.90 Å². The van der Waals surface area contributed by atoms with Gasteiger partial charge in [-0.2, -0.15) is 0 Å². The van der Waals surface area contributed by atoms with Crippen molar-refractivity contribution in [2.45, 2.75) is 32.0 Å². The van der Waals surface area contributed by atoms with E-state index in [0.717, 1.165) is 12.8 Å². The first-order valence-electron chi connectivity index (χ1n) is 8.90. The standard InChI is InChI=1S/C20H17ClFN3O3/c21-15-5-3-6-16(22)14(15)10-24(12-8-9-12)18(26)11-25-17-7-2-1-4-13(17)19(27)23-20(25)28/h1-7,12H,8-11H2,(H,23,27,28). The number of nitrogens with one attached hydrogen (secondary N) is 1. The van der Waals surface area contributed by atoms with Gasteiger partial charge in [-0.05, 0) is 37.1 Å². The van der Waals surface area contributed by atoms with Crippen molar-refractivity contribution in [3.05, 3.63) is 79.7 Å². The van der Waals surface area contributed by atoms with E-state index in [1.807, 2.05) is 0 Å². The molecular formula is C20H17ClFN3O3. The summed E-state index contributed by atoms with van der Waals surface area (Å²) in [6.45, 7) is -0.219. The molecule has 0 saturated heterocycles. The third-order valence-corrected chi connectivity index (χ3v) is 5.25.